The Hall–Kier alpha value is -4.24. The minimum absolute atomic E-state index is 0.0685. The van der Waals surface area contributed by atoms with Crippen LogP contribution < -0.4 is 21.3 Å². The lowest BCUT2D eigenvalue weighted by Crippen LogP contribution is -2.44. The number of pyridine rings is 1. The van der Waals surface area contributed by atoms with E-state index in [1.54, 1.807) is 23.7 Å². The molecule has 1 aliphatic carbocycles. The highest BCUT2D eigenvalue weighted by atomic mass is 19.1. The van der Waals surface area contributed by atoms with Crippen LogP contribution in [0.15, 0.2) is 36.7 Å². The summed E-state index contributed by atoms with van der Waals surface area (Å²) in [6.07, 6.45) is 2.83. The average Bonchev–Trinajstić information content (AvgIpc) is 3.30. The van der Waals surface area contributed by atoms with Crippen LogP contribution in [0.3, 0.4) is 0 Å². The molecule has 4 rings (SSSR count). The molecule has 1 atom stereocenters. The van der Waals surface area contributed by atoms with Gasteiger partial charge in [0.05, 0.1) is 52.1 Å². The Kier molecular flexibility index (Phi) is 7.78. The molecule has 0 aromatic carbocycles. The number of hydrogen-bond donors (Lipinski definition) is 5. The third kappa shape index (κ3) is 6.00. The summed E-state index contributed by atoms with van der Waals surface area (Å²) < 4.78 is 15.9. The summed E-state index contributed by atoms with van der Waals surface area (Å²) in [6, 6.07) is 9.02. The van der Waals surface area contributed by atoms with Gasteiger partial charge in [-0.15, -0.1) is 0 Å². The maximum Gasteiger partial charge on any atom is 0.314 e. The molecular formula is C26H31FN8O3. The molecule has 12 heteroatoms. The molecule has 3 amide bonds. The van der Waals surface area contributed by atoms with Crippen LogP contribution in [0, 0.1) is 17.2 Å². The van der Waals surface area contributed by atoms with E-state index in [1.807, 2.05) is 12.1 Å². The van der Waals surface area contributed by atoms with Gasteiger partial charge in [0.15, 0.2) is 0 Å². The Morgan fingerprint density at radius 1 is 1.26 bits per heavy atom. The number of carbonyl (C=O) groups excluding carboxylic acids is 2. The molecule has 1 saturated carbocycles. The van der Waals surface area contributed by atoms with Gasteiger partial charge in [-0.2, -0.15) is 10.4 Å². The van der Waals surface area contributed by atoms with Crippen molar-refractivity contribution in [1.82, 2.24) is 30.5 Å². The van der Waals surface area contributed by atoms with E-state index in [2.05, 4.69) is 37.4 Å². The number of alkyl halides is 1. The van der Waals surface area contributed by atoms with Gasteiger partial charge in [0.25, 0.3) is 5.91 Å². The minimum Gasteiger partial charge on any atom is -0.387 e. The van der Waals surface area contributed by atoms with Crippen LogP contribution in [0.25, 0.3) is 16.9 Å². The van der Waals surface area contributed by atoms with Crippen LogP contribution in [0.4, 0.5) is 14.9 Å². The van der Waals surface area contributed by atoms with Crippen LogP contribution in [-0.4, -0.2) is 69.6 Å². The summed E-state index contributed by atoms with van der Waals surface area (Å²) in [5.74, 6) is -0.219. The topological polar surface area (TPSA) is 156 Å². The average molecular weight is 523 g/mol. The van der Waals surface area contributed by atoms with Gasteiger partial charge in [0, 0.05) is 25.8 Å². The molecule has 0 spiro atoms. The number of nitrogens with one attached hydrogen (secondary N) is 4. The first-order valence-electron chi connectivity index (χ1n) is 12.3. The SMILES string of the molecule is CNC(=O)NCC1CC(Nc2cc(-c3ccc4cc(C#N)cnn34)ncc2C(=O)NCC(F)C(C)(C)O)C1. The van der Waals surface area contributed by atoms with Crippen molar-refractivity contribution in [1.29, 1.82) is 5.26 Å². The fourth-order valence-corrected chi connectivity index (χ4v) is 4.24. The normalized spacial score (nSPS) is 17.7. The fraction of sp³-hybridized carbons (Fsp3) is 0.423. The van der Waals surface area contributed by atoms with E-state index < -0.39 is 17.7 Å². The number of nitriles is 1. The van der Waals surface area contributed by atoms with Gasteiger partial charge < -0.3 is 26.4 Å². The molecule has 1 fully saturated rings. The number of aliphatic hydroxyl groups is 1. The highest BCUT2D eigenvalue weighted by molar-refractivity contribution is 6.00. The lowest BCUT2D eigenvalue weighted by Gasteiger charge is -2.37. The van der Waals surface area contributed by atoms with Gasteiger partial charge in [-0.3, -0.25) is 9.78 Å². The monoisotopic (exact) mass is 522 g/mol. The van der Waals surface area contributed by atoms with Gasteiger partial charge >= 0.3 is 6.03 Å². The molecule has 200 valence electrons. The largest absolute Gasteiger partial charge is 0.387 e. The molecule has 0 saturated heterocycles. The summed E-state index contributed by atoms with van der Waals surface area (Å²) >= 11 is 0. The van der Waals surface area contributed by atoms with E-state index in [-0.39, 0.29) is 24.2 Å². The van der Waals surface area contributed by atoms with E-state index in [4.69, 9.17) is 5.26 Å². The number of nitrogens with zero attached hydrogens (tertiary/aromatic N) is 4. The number of carbonyl (C=O) groups is 2. The van der Waals surface area contributed by atoms with Crippen molar-refractivity contribution < 1.29 is 19.1 Å². The third-order valence-corrected chi connectivity index (χ3v) is 6.62. The van der Waals surface area contributed by atoms with Crippen molar-refractivity contribution in [3.63, 3.8) is 0 Å². The molecule has 5 N–H and O–H groups in total. The second-order valence-electron chi connectivity index (χ2n) is 10.00. The van der Waals surface area contributed by atoms with Crippen LogP contribution in [-0.2, 0) is 0 Å². The highest BCUT2D eigenvalue weighted by Crippen LogP contribution is 2.32. The molecule has 38 heavy (non-hydrogen) atoms. The van der Waals surface area contributed by atoms with Crippen LogP contribution in [0.5, 0.6) is 0 Å². The molecule has 0 radical (unpaired) electrons. The first-order valence-corrected chi connectivity index (χ1v) is 12.3. The van der Waals surface area contributed by atoms with E-state index in [0.29, 0.717) is 35.1 Å². The van der Waals surface area contributed by atoms with Crippen molar-refractivity contribution in [3.05, 3.63) is 47.8 Å². The maximum atomic E-state index is 14.3. The van der Waals surface area contributed by atoms with Gasteiger partial charge in [-0.05, 0) is 56.9 Å². The molecule has 3 heterocycles. The standard InChI is InChI=1S/C26H31FN8O3/c1-26(2,38)23(27)14-31-24(36)19-13-30-21(22-5-4-18-8-16(10-28)12-33-35(18)22)9-20(19)34-17-6-15(7-17)11-32-25(37)29-3/h4-5,8-9,12-13,15,17,23,38H,6-7,11,14H2,1-3H3,(H,30,34)(H,31,36)(H2,29,32,37). The van der Waals surface area contributed by atoms with Crippen LogP contribution in [0.2, 0.25) is 0 Å². The Morgan fingerprint density at radius 3 is 2.71 bits per heavy atom. The highest BCUT2D eigenvalue weighted by Gasteiger charge is 2.31. The molecule has 11 nitrogen and oxygen atoms in total. The zero-order chi connectivity index (χ0) is 27.4. The van der Waals surface area contributed by atoms with Crippen molar-refractivity contribution in [2.45, 2.75) is 44.5 Å². The molecule has 3 aromatic heterocycles. The number of urea groups is 1. The second kappa shape index (κ2) is 11.0. The van der Waals surface area contributed by atoms with Crippen molar-refractivity contribution in [2.24, 2.45) is 5.92 Å². The quantitative estimate of drug-likeness (QED) is 0.288. The second-order valence-corrected chi connectivity index (χ2v) is 10.00. The number of amides is 3. The van der Waals surface area contributed by atoms with E-state index in [1.165, 1.54) is 26.2 Å². The number of fused-ring (bicyclic) bond motifs is 1. The first-order chi connectivity index (χ1) is 18.1. The number of anilines is 1. The van der Waals surface area contributed by atoms with Crippen molar-refractivity contribution in [2.75, 3.05) is 25.5 Å². The zero-order valence-electron chi connectivity index (χ0n) is 21.5. The Balaban J connectivity index is 1.56. The summed E-state index contributed by atoms with van der Waals surface area (Å²) in [5, 5.41) is 34.6. The molecule has 0 aliphatic heterocycles. The summed E-state index contributed by atoms with van der Waals surface area (Å²) in [7, 11) is 1.56. The fourth-order valence-electron chi connectivity index (χ4n) is 4.24. The molecule has 3 aromatic rings. The Bertz CT molecular complexity index is 1370. The van der Waals surface area contributed by atoms with E-state index in [9.17, 15) is 19.1 Å². The number of halogens is 1. The lowest BCUT2D eigenvalue weighted by atomic mass is 9.80. The molecule has 0 bridgehead atoms. The smallest absolute Gasteiger partial charge is 0.314 e. The van der Waals surface area contributed by atoms with Crippen LogP contribution >= 0.6 is 0 Å². The van der Waals surface area contributed by atoms with Crippen molar-refractivity contribution in [3.8, 4) is 17.5 Å². The summed E-state index contributed by atoms with van der Waals surface area (Å²) in [6.45, 7) is 2.88. The van der Waals surface area contributed by atoms with E-state index >= 15 is 0 Å². The summed E-state index contributed by atoms with van der Waals surface area (Å²) in [4.78, 5) is 28.9. The first kappa shape index (κ1) is 26.8. The Morgan fingerprint density at radius 2 is 2.03 bits per heavy atom. The van der Waals surface area contributed by atoms with Gasteiger partial charge in [-0.1, -0.05) is 0 Å². The lowest BCUT2D eigenvalue weighted by molar-refractivity contribution is -0.00177. The number of rotatable bonds is 9. The van der Waals surface area contributed by atoms with Crippen molar-refractivity contribution >= 4 is 23.1 Å². The summed E-state index contributed by atoms with van der Waals surface area (Å²) in [5.41, 5.74) is 1.57. The minimum atomic E-state index is -1.65. The van der Waals surface area contributed by atoms with Gasteiger partial charge in [0.2, 0.25) is 0 Å². The van der Waals surface area contributed by atoms with Crippen LogP contribution in [0.1, 0.15) is 42.6 Å². The van der Waals surface area contributed by atoms with Gasteiger partial charge in [-0.25, -0.2) is 13.7 Å². The molecular weight excluding hydrogens is 491 g/mol. The maximum absolute atomic E-state index is 14.3. The predicted molar refractivity (Wildman–Crippen MR) is 139 cm³/mol. The number of hydrogen-bond acceptors (Lipinski definition) is 7. The zero-order valence-corrected chi connectivity index (χ0v) is 21.5. The number of aromatic nitrogens is 3. The Labute approximate surface area is 219 Å². The van der Waals surface area contributed by atoms with Gasteiger partial charge in [0.1, 0.15) is 12.2 Å². The van der Waals surface area contributed by atoms with E-state index in [0.717, 1.165) is 18.4 Å². The third-order valence-electron chi connectivity index (χ3n) is 6.62. The molecule has 1 aliphatic rings. The molecule has 1 unspecified atom stereocenters. The predicted octanol–water partition coefficient (Wildman–Crippen LogP) is 2.23.